The fourth-order valence-electron chi connectivity index (χ4n) is 1.40. The number of unbranched alkanes of at least 4 members (excludes halogenated alkanes) is 1. The Morgan fingerprint density at radius 1 is 1.26 bits per heavy atom. The fraction of sp³-hybridized carbons (Fsp3) is 0.400. The number of hydrogen-bond acceptors (Lipinski definition) is 3. The summed E-state index contributed by atoms with van der Waals surface area (Å²) in [6.45, 7) is 0.268. The van der Waals surface area contributed by atoms with Crippen molar-refractivity contribution in [1.82, 2.24) is 4.90 Å². The Hall–Kier alpha value is -1.26. The van der Waals surface area contributed by atoms with E-state index >= 15 is 0 Å². The van der Waals surface area contributed by atoms with Gasteiger partial charge in [-0.15, -0.1) is 11.8 Å². The molecule has 0 aromatic heterocycles. The zero-order valence-electron chi connectivity index (χ0n) is 11.5. The van der Waals surface area contributed by atoms with Crippen molar-refractivity contribution in [1.29, 1.82) is 0 Å². The first kappa shape index (κ1) is 15.8. The molecule has 0 atom stereocenters. The topological polar surface area (TPSA) is 40.5 Å². The Balaban J connectivity index is 2.45. The van der Waals surface area contributed by atoms with Crippen LogP contribution in [0.25, 0.3) is 6.08 Å². The third-order valence-electron chi connectivity index (χ3n) is 2.56. The maximum Gasteiger partial charge on any atom is 0.246 e. The van der Waals surface area contributed by atoms with Crippen molar-refractivity contribution in [3.05, 3.63) is 35.9 Å². The van der Waals surface area contributed by atoms with E-state index in [0.29, 0.717) is 0 Å². The van der Waals surface area contributed by atoms with Gasteiger partial charge in [0.1, 0.15) is 0 Å². The molecule has 0 saturated carbocycles. The molecule has 0 saturated heterocycles. The predicted molar refractivity (Wildman–Crippen MR) is 81.2 cm³/mol. The number of thioether (sulfide) groups is 1. The molecule has 3 nitrogen and oxygen atoms in total. The minimum Gasteiger partial charge on any atom is -0.396 e. The summed E-state index contributed by atoms with van der Waals surface area (Å²) in [5.41, 5.74) is 1.02. The lowest BCUT2D eigenvalue weighted by atomic mass is 10.2. The first-order valence-corrected chi connectivity index (χ1v) is 7.35. The van der Waals surface area contributed by atoms with Gasteiger partial charge in [-0.2, -0.15) is 0 Å². The molecule has 1 aromatic rings. The van der Waals surface area contributed by atoms with E-state index in [1.54, 1.807) is 36.8 Å². The van der Waals surface area contributed by atoms with Crippen LogP contribution < -0.4 is 0 Å². The van der Waals surface area contributed by atoms with Crippen molar-refractivity contribution < 1.29 is 9.90 Å². The molecular formula is C15H21NO2S. The van der Waals surface area contributed by atoms with Crippen molar-refractivity contribution in [3.63, 3.8) is 0 Å². The number of amides is 1. The van der Waals surface area contributed by atoms with Gasteiger partial charge in [0.15, 0.2) is 0 Å². The van der Waals surface area contributed by atoms with Crippen LogP contribution in [0.3, 0.4) is 0 Å². The molecule has 0 heterocycles. The summed E-state index contributed by atoms with van der Waals surface area (Å²) in [6.07, 6.45) is 5.28. The van der Waals surface area contributed by atoms with Gasteiger partial charge >= 0.3 is 0 Å². The average molecular weight is 279 g/mol. The molecule has 1 aromatic carbocycles. The van der Waals surface area contributed by atoms with Gasteiger partial charge in [-0.25, -0.2) is 0 Å². The van der Waals surface area contributed by atoms with E-state index in [9.17, 15) is 4.79 Å². The van der Waals surface area contributed by atoms with E-state index in [0.717, 1.165) is 24.2 Å². The second-order valence-corrected chi connectivity index (χ2v) is 5.58. The maximum atomic E-state index is 11.4. The molecular weight excluding hydrogens is 258 g/mol. The van der Waals surface area contributed by atoms with Crippen molar-refractivity contribution in [2.24, 2.45) is 0 Å². The Bertz CT molecular complexity index is 413. The number of nitrogens with zero attached hydrogens (tertiary/aromatic N) is 1. The van der Waals surface area contributed by atoms with Gasteiger partial charge in [0, 0.05) is 31.7 Å². The lowest BCUT2D eigenvalue weighted by Gasteiger charge is -2.05. The van der Waals surface area contributed by atoms with Gasteiger partial charge in [0.2, 0.25) is 5.91 Å². The summed E-state index contributed by atoms with van der Waals surface area (Å²) in [6, 6.07) is 8.13. The number of rotatable bonds is 7. The average Bonchev–Trinajstić information content (AvgIpc) is 2.42. The second kappa shape index (κ2) is 8.77. The number of aliphatic hydroxyl groups excluding tert-OH is 1. The molecule has 4 heteroatoms. The Morgan fingerprint density at radius 3 is 2.53 bits per heavy atom. The zero-order chi connectivity index (χ0) is 14.1. The maximum absolute atomic E-state index is 11.4. The van der Waals surface area contributed by atoms with Crippen LogP contribution in [0.1, 0.15) is 18.4 Å². The van der Waals surface area contributed by atoms with Gasteiger partial charge in [0.25, 0.3) is 0 Å². The van der Waals surface area contributed by atoms with Crippen LogP contribution in [-0.2, 0) is 4.79 Å². The molecule has 0 aliphatic rings. The molecule has 0 unspecified atom stereocenters. The van der Waals surface area contributed by atoms with E-state index in [2.05, 4.69) is 12.1 Å². The van der Waals surface area contributed by atoms with Crippen molar-refractivity contribution in [3.8, 4) is 0 Å². The predicted octanol–water partition coefficient (Wildman–Crippen LogP) is 2.65. The van der Waals surface area contributed by atoms with Crippen LogP contribution in [0.4, 0.5) is 0 Å². The number of carbonyl (C=O) groups excluding carboxylic acids is 1. The standard InChI is InChI=1S/C15H21NO2S/c1-16(2)15(18)10-7-13-5-8-14(9-6-13)19-12-4-3-11-17/h5-10,17H,3-4,11-12H2,1-2H3. The summed E-state index contributed by atoms with van der Waals surface area (Å²) < 4.78 is 0. The number of carbonyl (C=O) groups is 1. The first-order valence-electron chi connectivity index (χ1n) is 6.36. The second-order valence-electron chi connectivity index (χ2n) is 4.41. The fourth-order valence-corrected chi connectivity index (χ4v) is 2.31. The smallest absolute Gasteiger partial charge is 0.246 e. The van der Waals surface area contributed by atoms with Crippen LogP contribution in [0.5, 0.6) is 0 Å². The van der Waals surface area contributed by atoms with E-state index in [-0.39, 0.29) is 12.5 Å². The molecule has 0 aliphatic heterocycles. The SMILES string of the molecule is CN(C)C(=O)C=Cc1ccc(SCCCCO)cc1. The van der Waals surface area contributed by atoms with E-state index in [1.807, 2.05) is 18.2 Å². The molecule has 0 bridgehead atoms. The number of benzene rings is 1. The summed E-state index contributed by atoms with van der Waals surface area (Å²) in [5.74, 6) is 1.01. The minimum absolute atomic E-state index is 0.0116. The summed E-state index contributed by atoms with van der Waals surface area (Å²) in [5, 5.41) is 8.69. The third-order valence-corrected chi connectivity index (χ3v) is 3.66. The van der Waals surface area contributed by atoms with E-state index < -0.39 is 0 Å². The number of aliphatic hydroxyl groups is 1. The Kier molecular flexibility index (Phi) is 7.30. The summed E-state index contributed by atoms with van der Waals surface area (Å²) in [7, 11) is 3.47. The molecule has 0 fully saturated rings. The van der Waals surface area contributed by atoms with Gasteiger partial charge in [0.05, 0.1) is 0 Å². The van der Waals surface area contributed by atoms with Crippen molar-refractivity contribution >= 4 is 23.7 Å². The molecule has 104 valence electrons. The largest absolute Gasteiger partial charge is 0.396 e. The zero-order valence-corrected chi connectivity index (χ0v) is 12.3. The molecule has 1 rings (SSSR count). The van der Waals surface area contributed by atoms with E-state index in [1.165, 1.54) is 4.90 Å². The highest BCUT2D eigenvalue weighted by molar-refractivity contribution is 7.99. The summed E-state index contributed by atoms with van der Waals surface area (Å²) in [4.78, 5) is 14.2. The molecule has 0 spiro atoms. The third kappa shape index (κ3) is 6.45. The van der Waals surface area contributed by atoms with Gasteiger partial charge in [-0.05, 0) is 42.4 Å². The minimum atomic E-state index is -0.0116. The van der Waals surface area contributed by atoms with Gasteiger partial charge < -0.3 is 10.0 Å². The summed E-state index contributed by atoms with van der Waals surface area (Å²) >= 11 is 1.79. The van der Waals surface area contributed by atoms with Gasteiger partial charge in [-0.1, -0.05) is 12.1 Å². The number of likely N-dealkylation sites (N-methyl/N-ethyl adjacent to an activating group) is 1. The Morgan fingerprint density at radius 2 is 1.95 bits per heavy atom. The van der Waals surface area contributed by atoms with Crippen LogP contribution in [0.15, 0.2) is 35.2 Å². The van der Waals surface area contributed by atoms with Gasteiger partial charge in [-0.3, -0.25) is 4.79 Å². The lowest BCUT2D eigenvalue weighted by molar-refractivity contribution is -0.123. The quantitative estimate of drug-likeness (QED) is 0.474. The first-order chi connectivity index (χ1) is 9.13. The molecule has 1 amide bonds. The van der Waals surface area contributed by atoms with Crippen molar-refractivity contribution in [2.45, 2.75) is 17.7 Å². The van der Waals surface area contributed by atoms with Crippen LogP contribution in [0, 0.1) is 0 Å². The molecule has 1 N–H and O–H groups in total. The van der Waals surface area contributed by atoms with Crippen LogP contribution >= 0.6 is 11.8 Å². The highest BCUT2D eigenvalue weighted by Crippen LogP contribution is 2.20. The molecule has 0 aliphatic carbocycles. The monoisotopic (exact) mass is 279 g/mol. The molecule has 19 heavy (non-hydrogen) atoms. The molecule has 0 radical (unpaired) electrons. The highest BCUT2D eigenvalue weighted by Gasteiger charge is 1.97. The number of hydrogen-bond donors (Lipinski definition) is 1. The normalized spacial score (nSPS) is 10.9. The van der Waals surface area contributed by atoms with Crippen LogP contribution in [-0.4, -0.2) is 42.4 Å². The van der Waals surface area contributed by atoms with Crippen LogP contribution in [0.2, 0.25) is 0 Å². The lowest BCUT2D eigenvalue weighted by Crippen LogP contribution is -2.18. The highest BCUT2D eigenvalue weighted by atomic mass is 32.2. The van der Waals surface area contributed by atoms with E-state index in [4.69, 9.17) is 5.11 Å². The Labute approximate surface area is 119 Å². The van der Waals surface area contributed by atoms with Crippen molar-refractivity contribution in [2.75, 3.05) is 26.5 Å².